The SMILES string of the molecule is COc1c(C)cc(-n2c(O)c(N=Nc3c(C(=O)O)cccc3-c3ccccc3)c3ccc(C(F)(F)F)cc32)cc1C. The molecule has 0 bridgehead atoms. The first kappa shape index (κ1) is 27.4. The van der Waals surface area contributed by atoms with Gasteiger partial charge in [-0.25, -0.2) is 4.79 Å². The number of aromatic carboxylic acids is 1. The fourth-order valence-corrected chi connectivity index (χ4v) is 4.95. The van der Waals surface area contributed by atoms with Crippen LogP contribution in [0.25, 0.3) is 27.7 Å². The van der Waals surface area contributed by atoms with Gasteiger partial charge in [-0.1, -0.05) is 42.5 Å². The van der Waals surface area contributed by atoms with Crippen molar-refractivity contribution in [3.05, 3.63) is 101 Å². The molecule has 4 aromatic carbocycles. The van der Waals surface area contributed by atoms with E-state index in [0.29, 0.717) is 33.7 Å². The maximum atomic E-state index is 13.7. The Bertz CT molecular complexity index is 1800. The number of carboxylic acids is 1. The van der Waals surface area contributed by atoms with Crippen LogP contribution in [-0.2, 0) is 6.18 Å². The van der Waals surface area contributed by atoms with E-state index in [1.807, 2.05) is 6.07 Å². The number of carbonyl (C=O) groups is 1. The quantitative estimate of drug-likeness (QED) is 0.203. The number of halogens is 3. The second kappa shape index (κ2) is 10.5. The van der Waals surface area contributed by atoms with E-state index < -0.39 is 23.6 Å². The van der Waals surface area contributed by atoms with Crippen molar-refractivity contribution in [2.24, 2.45) is 10.2 Å². The number of alkyl halides is 3. The van der Waals surface area contributed by atoms with Crippen LogP contribution in [0.1, 0.15) is 27.0 Å². The van der Waals surface area contributed by atoms with E-state index in [1.54, 1.807) is 62.4 Å². The zero-order chi connectivity index (χ0) is 29.5. The molecule has 0 aliphatic heterocycles. The molecule has 1 heterocycles. The first-order valence-electron chi connectivity index (χ1n) is 12.4. The summed E-state index contributed by atoms with van der Waals surface area (Å²) in [5.41, 5.74) is 1.92. The van der Waals surface area contributed by atoms with Gasteiger partial charge in [-0.3, -0.25) is 4.57 Å². The summed E-state index contributed by atoms with van der Waals surface area (Å²) in [5, 5.41) is 29.9. The molecule has 208 valence electrons. The van der Waals surface area contributed by atoms with Crippen molar-refractivity contribution in [2.45, 2.75) is 20.0 Å². The van der Waals surface area contributed by atoms with Gasteiger partial charge in [0.2, 0.25) is 5.88 Å². The lowest BCUT2D eigenvalue weighted by atomic mass is 10.0. The summed E-state index contributed by atoms with van der Waals surface area (Å²) in [6.07, 6.45) is -4.63. The third kappa shape index (κ3) is 5.00. The molecule has 0 saturated carbocycles. The summed E-state index contributed by atoms with van der Waals surface area (Å²) in [4.78, 5) is 12.1. The van der Waals surface area contributed by atoms with Crippen LogP contribution in [0.15, 0.2) is 89.1 Å². The molecule has 0 unspecified atom stereocenters. The molecule has 1 aromatic heterocycles. The van der Waals surface area contributed by atoms with E-state index in [-0.39, 0.29) is 27.8 Å². The molecule has 10 heteroatoms. The highest BCUT2D eigenvalue weighted by atomic mass is 19.4. The number of hydrogen-bond donors (Lipinski definition) is 2. The number of hydrogen-bond acceptors (Lipinski definition) is 5. The summed E-state index contributed by atoms with van der Waals surface area (Å²) < 4.78 is 47.8. The molecular weight excluding hydrogens is 535 g/mol. The van der Waals surface area contributed by atoms with Crippen molar-refractivity contribution >= 4 is 28.2 Å². The van der Waals surface area contributed by atoms with Crippen LogP contribution in [0, 0.1) is 13.8 Å². The molecule has 0 aliphatic rings. The average Bonchev–Trinajstić information content (AvgIpc) is 3.21. The van der Waals surface area contributed by atoms with Gasteiger partial charge < -0.3 is 14.9 Å². The van der Waals surface area contributed by atoms with Crippen molar-refractivity contribution in [1.29, 1.82) is 0 Å². The van der Waals surface area contributed by atoms with Gasteiger partial charge in [0, 0.05) is 16.6 Å². The van der Waals surface area contributed by atoms with E-state index in [2.05, 4.69) is 10.2 Å². The number of nitrogens with zero attached hydrogens (tertiary/aromatic N) is 3. The molecule has 2 N–H and O–H groups in total. The third-order valence-electron chi connectivity index (χ3n) is 6.75. The lowest BCUT2D eigenvalue weighted by molar-refractivity contribution is -0.137. The number of carboxylic acid groups (broad SMARTS) is 1. The van der Waals surface area contributed by atoms with Gasteiger partial charge >= 0.3 is 12.1 Å². The van der Waals surface area contributed by atoms with Gasteiger partial charge in [0.15, 0.2) is 5.69 Å². The normalized spacial score (nSPS) is 11.9. The Balaban J connectivity index is 1.77. The van der Waals surface area contributed by atoms with Gasteiger partial charge in [0.1, 0.15) is 11.4 Å². The number of benzene rings is 4. The fourth-order valence-electron chi connectivity index (χ4n) is 4.95. The van der Waals surface area contributed by atoms with Crippen LogP contribution in [0.5, 0.6) is 11.6 Å². The number of ether oxygens (including phenoxy) is 1. The molecule has 7 nitrogen and oxygen atoms in total. The summed E-state index contributed by atoms with van der Waals surface area (Å²) in [6.45, 7) is 3.57. The van der Waals surface area contributed by atoms with Crippen LogP contribution < -0.4 is 4.74 Å². The maximum absolute atomic E-state index is 13.7. The number of aryl methyl sites for hydroxylation is 2. The van der Waals surface area contributed by atoms with E-state index in [1.165, 1.54) is 23.8 Å². The molecule has 0 aliphatic carbocycles. The first-order valence-corrected chi connectivity index (χ1v) is 12.4. The minimum absolute atomic E-state index is 0.0366. The van der Waals surface area contributed by atoms with Crippen LogP contribution in [0.3, 0.4) is 0 Å². The van der Waals surface area contributed by atoms with E-state index in [0.717, 1.165) is 12.1 Å². The first-order chi connectivity index (χ1) is 19.5. The molecule has 0 saturated heterocycles. The minimum atomic E-state index is -4.63. The minimum Gasteiger partial charge on any atom is -0.496 e. The Morgan fingerprint density at radius 1 is 0.878 bits per heavy atom. The second-order valence-electron chi connectivity index (χ2n) is 9.42. The van der Waals surface area contributed by atoms with Crippen LogP contribution in [-0.4, -0.2) is 27.9 Å². The molecule has 0 radical (unpaired) electrons. The Kier molecular flexibility index (Phi) is 7.00. The molecule has 0 atom stereocenters. The molecular formula is C31H24F3N3O4. The van der Waals surface area contributed by atoms with Gasteiger partial charge in [-0.15, -0.1) is 10.2 Å². The summed E-state index contributed by atoms with van der Waals surface area (Å²) >= 11 is 0. The predicted octanol–water partition coefficient (Wildman–Crippen LogP) is 8.76. The number of methoxy groups -OCH3 is 1. The Morgan fingerprint density at radius 2 is 1.54 bits per heavy atom. The lowest BCUT2D eigenvalue weighted by Gasteiger charge is -2.14. The number of fused-ring (bicyclic) bond motifs is 1. The number of azo groups is 1. The highest BCUT2D eigenvalue weighted by Crippen LogP contribution is 2.45. The van der Waals surface area contributed by atoms with Crippen molar-refractivity contribution in [2.75, 3.05) is 7.11 Å². The molecule has 0 fully saturated rings. The highest BCUT2D eigenvalue weighted by Gasteiger charge is 2.32. The molecule has 0 amide bonds. The Morgan fingerprint density at radius 3 is 2.15 bits per heavy atom. The predicted molar refractivity (Wildman–Crippen MR) is 149 cm³/mol. The zero-order valence-corrected chi connectivity index (χ0v) is 22.2. The highest BCUT2D eigenvalue weighted by molar-refractivity contribution is 5.99. The van der Waals surface area contributed by atoms with E-state index in [4.69, 9.17) is 4.74 Å². The fraction of sp³-hybridized carbons (Fsp3) is 0.129. The average molecular weight is 560 g/mol. The van der Waals surface area contributed by atoms with Crippen molar-refractivity contribution in [1.82, 2.24) is 4.57 Å². The Hall–Kier alpha value is -5.12. The second-order valence-corrected chi connectivity index (χ2v) is 9.42. The monoisotopic (exact) mass is 559 g/mol. The smallest absolute Gasteiger partial charge is 0.416 e. The van der Waals surface area contributed by atoms with Crippen LogP contribution >= 0.6 is 0 Å². The van der Waals surface area contributed by atoms with Crippen molar-refractivity contribution < 1.29 is 32.9 Å². The Labute approximate surface area is 232 Å². The van der Waals surface area contributed by atoms with Crippen LogP contribution in [0.4, 0.5) is 24.5 Å². The maximum Gasteiger partial charge on any atom is 0.416 e. The summed E-state index contributed by atoms with van der Waals surface area (Å²) in [6, 6.07) is 20.0. The summed E-state index contributed by atoms with van der Waals surface area (Å²) in [7, 11) is 1.52. The molecule has 5 aromatic rings. The van der Waals surface area contributed by atoms with Gasteiger partial charge in [0.05, 0.1) is 23.8 Å². The van der Waals surface area contributed by atoms with Gasteiger partial charge in [0.25, 0.3) is 0 Å². The molecule has 0 spiro atoms. The van der Waals surface area contributed by atoms with E-state index >= 15 is 0 Å². The summed E-state index contributed by atoms with van der Waals surface area (Å²) in [5.74, 6) is -1.08. The van der Waals surface area contributed by atoms with Crippen molar-refractivity contribution in [3.63, 3.8) is 0 Å². The topological polar surface area (TPSA) is 96.4 Å². The lowest BCUT2D eigenvalue weighted by Crippen LogP contribution is -2.05. The molecule has 5 rings (SSSR count). The number of rotatable bonds is 6. The van der Waals surface area contributed by atoms with Crippen molar-refractivity contribution in [3.8, 4) is 28.4 Å². The van der Waals surface area contributed by atoms with Gasteiger partial charge in [-0.2, -0.15) is 13.2 Å². The third-order valence-corrected chi connectivity index (χ3v) is 6.75. The number of aromatic nitrogens is 1. The number of aromatic hydroxyl groups is 1. The standard InChI is InChI=1S/C31H24F3N3O4/c1-17-14-21(15-18(2)28(17)41-3)37-25-16-20(31(32,33)34)12-13-23(25)27(29(37)38)36-35-26-22(19-8-5-4-6-9-19)10-7-11-24(26)30(39)40/h4-16,38H,1-3H3,(H,39,40). The van der Waals surface area contributed by atoms with Crippen LogP contribution in [0.2, 0.25) is 0 Å². The largest absolute Gasteiger partial charge is 0.496 e. The van der Waals surface area contributed by atoms with Gasteiger partial charge in [-0.05, 0) is 66.9 Å². The van der Waals surface area contributed by atoms with E-state index in [9.17, 15) is 28.2 Å². The zero-order valence-electron chi connectivity index (χ0n) is 22.2. The molecule has 41 heavy (non-hydrogen) atoms.